The predicted octanol–water partition coefficient (Wildman–Crippen LogP) is 3.44. The van der Waals surface area contributed by atoms with E-state index in [-0.39, 0.29) is 18.0 Å². The van der Waals surface area contributed by atoms with Crippen LogP contribution in [-0.2, 0) is 4.79 Å². The van der Waals surface area contributed by atoms with Crippen LogP contribution in [0.15, 0.2) is 73.6 Å². The molecule has 2 aliphatic rings. The highest BCUT2D eigenvalue weighted by molar-refractivity contribution is 5.87. The molecular formula is C25H26N6O2. The molecule has 2 aromatic carbocycles. The first-order chi connectivity index (χ1) is 16.1. The van der Waals surface area contributed by atoms with Crippen LogP contribution < -0.4 is 20.9 Å². The first-order valence-corrected chi connectivity index (χ1v) is 11.0. The molecule has 0 spiro atoms. The van der Waals surface area contributed by atoms with Gasteiger partial charge in [0.2, 0.25) is 5.91 Å². The topological polar surface area (TPSA) is 96.6 Å². The average Bonchev–Trinajstić information content (AvgIpc) is 3.46. The maximum Gasteiger partial charge on any atom is 0.246 e. The fraction of sp³-hybridized carbons (Fsp3) is 0.240. The van der Waals surface area contributed by atoms with Gasteiger partial charge in [-0.3, -0.25) is 9.80 Å². The lowest BCUT2D eigenvalue weighted by Crippen LogP contribution is -2.46. The van der Waals surface area contributed by atoms with Crippen molar-refractivity contribution in [3.8, 4) is 11.5 Å². The Morgan fingerprint density at radius 1 is 1.15 bits per heavy atom. The van der Waals surface area contributed by atoms with Crippen molar-refractivity contribution in [2.24, 2.45) is 0 Å². The average molecular weight is 443 g/mol. The Hall–Kier alpha value is -3.91. The quantitative estimate of drug-likeness (QED) is 0.565. The van der Waals surface area contributed by atoms with Gasteiger partial charge in [0.25, 0.3) is 0 Å². The van der Waals surface area contributed by atoms with Crippen LogP contribution in [0.5, 0.6) is 11.5 Å². The third kappa shape index (κ3) is 4.12. The number of anilines is 2. The molecule has 1 aromatic heterocycles. The van der Waals surface area contributed by atoms with Crippen LogP contribution in [-0.4, -0.2) is 39.9 Å². The number of nitrogens with zero attached hydrogens (tertiary/aromatic N) is 4. The van der Waals surface area contributed by atoms with Crippen LogP contribution in [0.2, 0.25) is 0 Å². The number of hydrogen-bond donors (Lipinski definition) is 2. The number of para-hydroxylation sites is 1. The normalized spacial score (nSPS) is 19.4. The third-order valence-electron chi connectivity index (χ3n) is 6.14. The molecule has 1 saturated heterocycles. The largest absolute Gasteiger partial charge is 0.457 e. The van der Waals surface area contributed by atoms with Crippen LogP contribution in [0, 0.1) is 0 Å². The lowest BCUT2D eigenvalue weighted by atomic mass is 10.0. The number of nitrogen functional groups attached to an aromatic ring is 1. The Kier molecular flexibility index (Phi) is 5.66. The van der Waals surface area contributed by atoms with Crippen LogP contribution in [0.25, 0.3) is 0 Å². The molecule has 1 unspecified atom stereocenters. The van der Waals surface area contributed by atoms with Crippen molar-refractivity contribution in [1.29, 1.82) is 0 Å². The van der Waals surface area contributed by atoms with Crippen molar-refractivity contribution in [3.05, 3.63) is 84.7 Å². The van der Waals surface area contributed by atoms with E-state index in [9.17, 15) is 4.79 Å². The number of ether oxygens (including phenoxy) is 1. The first-order valence-electron chi connectivity index (χ1n) is 11.0. The minimum atomic E-state index is -0.197. The maximum atomic E-state index is 12.3. The molecule has 1 amide bonds. The van der Waals surface area contributed by atoms with Crippen LogP contribution >= 0.6 is 0 Å². The zero-order valence-electron chi connectivity index (χ0n) is 18.2. The number of nitrogens with one attached hydrogen (secondary N) is 1. The van der Waals surface area contributed by atoms with Gasteiger partial charge in [-0.15, -0.1) is 0 Å². The summed E-state index contributed by atoms with van der Waals surface area (Å²) in [5.74, 6) is 2.69. The van der Waals surface area contributed by atoms with Crippen LogP contribution in [0.1, 0.15) is 30.0 Å². The molecule has 0 saturated carbocycles. The van der Waals surface area contributed by atoms with E-state index in [2.05, 4.69) is 22.0 Å². The lowest BCUT2D eigenvalue weighted by molar-refractivity contribution is -0.126. The second kappa shape index (κ2) is 8.91. The zero-order chi connectivity index (χ0) is 22.8. The Morgan fingerprint density at radius 2 is 1.91 bits per heavy atom. The second-order valence-electron chi connectivity index (χ2n) is 8.18. The highest BCUT2D eigenvalue weighted by atomic mass is 16.5. The molecule has 5 rings (SSSR count). The van der Waals surface area contributed by atoms with Crippen molar-refractivity contribution in [3.63, 3.8) is 0 Å². The molecule has 33 heavy (non-hydrogen) atoms. The molecule has 8 heteroatoms. The van der Waals surface area contributed by atoms with E-state index in [0.717, 1.165) is 47.8 Å². The summed E-state index contributed by atoms with van der Waals surface area (Å²) in [7, 11) is 0. The summed E-state index contributed by atoms with van der Waals surface area (Å²) in [6.07, 6.45) is 4.77. The van der Waals surface area contributed by atoms with Gasteiger partial charge in [0, 0.05) is 6.54 Å². The highest BCUT2D eigenvalue weighted by Gasteiger charge is 2.37. The number of fused-ring (bicyclic) bond motifs is 1. The summed E-state index contributed by atoms with van der Waals surface area (Å²) in [4.78, 5) is 22.9. The van der Waals surface area contributed by atoms with Gasteiger partial charge < -0.3 is 15.4 Å². The Morgan fingerprint density at radius 3 is 2.67 bits per heavy atom. The molecule has 8 nitrogen and oxygen atoms in total. The molecule has 3 N–H and O–H groups in total. The maximum absolute atomic E-state index is 12.3. The highest BCUT2D eigenvalue weighted by Crippen LogP contribution is 2.39. The van der Waals surface area contributed by atoms with Gasteiger partial charge >= 0.3 is 0 Å². The van der Waals surface area contributed by atoms with E-state index in [0.29, 0.717) is 12.4 Å². The fourth-order valence-corrected chi connectivity index (χ4v) is 4.55. The van der Waals surface area contributed by atoms with Gasteiger partial charge in [-0.25, -0.2) is 15.4 Å². The molecule has 0 bridgehead atoms. The van der Waals surface area contributed by atoms with Crippen LogP contribution in [0.3, 0.4) is 0 Å². The molecule has 3 aromatic rings. The molecule has 0 aliphatic carbocycles. The number of amides is 1. The van der Waals surface area contributed by atoms with E-state index in [4.69, 9.17) is 10.5 Å². The Bertz CT molecular complexity index is 1150. The first kappa shape index (κ1) is 21.0. The van der Waals surface area contributed by atoms with Gasteiger partial charge in [-0.05, 0) is 48.7 Å². The third-order valence-corrected chi connectivity index (χ3v) is 6.14. The van der Waals surface area contributed by atoms with Gasteiger partial charge in [0.05, 0.1) is 24.2 Å². The van der Waals surface area contributed by atoms with E-state index in [1.807, 2.05) is 64.5 Å². The number of rotatable bonds is 6. The van der Waals surface area contributed by atoms with E-state index in [1.54, 1.807) is 0 Å². The van der Waals surface area contributed by atoms with Gasteiger partial charge in [0.15, 0.2) is 5.82 Å². The number of aromatic nitrogens is 2. The number of carbonyl (C=O) groups is 1. The van der Waals surface area contributed by atoms with E-state index < -0.39 is 0 Å². The van der Waals surface area contributed by atoms with Crippen molar-refractivity contribution in [1.82, 2.24) is 20.3 Å². The van der Waals surface area contributed by atoms with Crippen molar-refractivity contribution in [2.75, 3.05) is 23.8 Å². The number of benzene rings is 2. The number of hydrazine groups is 1. The SMILES string of the molecule is C=CC(=O)N1CCC[C@H]1CN1NC(c2ccc(Oc3ccccc3)cc2)c2c(N)ncnc21. The van der Waals surface area contributed by atoms with Crippen LogP contribution in [0.4, 0.5) is 11.6 Å². The molecular weight excluding hydrogens is 416 g/mol. The summed E-state index contributed by atoms with van der Waals surface area (Å²) in [5, 5.41) is 1.99. The Balaban J connectivity index is 1.38. The fourth-order valence-electron chi connectivity index (χ4n) is 4.55. The van der Waals surface area contributed by atoms with Gasteiger partial charge in [-0.1, -0.05) is 36.9 Å². The molecule has 1 fully saturated rings. The molecule has 3 heterocycles. The lowest BCUT2D eigenvalue weighted by Gasteiger charge is -2.29. The number of hydrogen-bond acceptors (Lipinski definition) is 7. The monoisotopic (exact) mass is 442 g/mol. The molecule has 0 radical (unpaired) electrons. The second-order valence-corrected chi connectivity index (χ2v) is 8.18. The molecule has 2 atom stereocenters. The smallest absolute Gasteiger partial charge is 0.246 e. The summed E-state index contributed by atoms with van der Waals surface area (Å²) >= 11 is 0. The van der Waals surface area contributed by atoms with Gasteiger partial charge in [0.1, 0.15) is 23.6 Å². The Labute approximate surface area is 192 Å². The van der Waals surface area contributed by atoms with E-state index >= 15 is 0 Å². The number of nitrogens with two attached hydrogens (primary N) is 1. The minimum Gasteiger partial charge on any atom is -0.457 e. The van der Waals surface area contributed by atoms with Crippen molar-refractivity contribution >= 4 is 17.5 Å². The summed E-state index contributed by atoms with van der Waals surface area (Å²) in [6.45, 7) is 4.99. The number of likely N-dealkylation sites (tertiary alicyclic amines) is 1. The van der Waals surface area contributed by atoms with Crippen molar-refractivity contribution < 1.29 is 9.53 Å². The van der Waals surface area contributed by atoms with E-state index in [1.165, 1.54) is 12.4 Å². The summed E-state index contributed by atoms with van der Waals surface area (Å²) in [6, 6.07) is 17.5. The minimum absolute atomic E-state index is 0.0373. The summed E-state index contributed by atoms with van der Waals surface area (Å²) in [5.41, 5.74) is 11.7. The zero-order valence-corrected chi connectivity index (χ0v) is 18.2. The van der Waals surface area contributed by atoms with Gasteiger partial charge in [-0.2, -0.15) is 0 Å². The van der Waals surface area contributed by atoms with Crippen molar-refractivity contribution in [2.45, 2.75) is 24.9 Å². The molecule has 168 valence electrons. The standard InChI is InChI=1S/C25H26N6O2/c1-2-21(32)30-14-6-7-18(30)15-31-25-22(24(26)27-16-28-25)23(29-31)17-10-12-20(13-11-17)33-19-8-4-3-5-9-19/h2-5,8-13,16,18,23,29H,1,6-7,14-15H2,(H2,26,27,28)/t18-,23?/m0/s1. The number of carbonyl (C=O) groups excluding carboxylic acids is 1. The predicted molar refractivity (Wildman–Crippen MR) is 127 cm³/mol. The molecule has 2 aliphatic heterocycles. The summed E-state index contributed by atoms with van der Waals surface area (Å²) < 4.78 is 5.92.